The predicted octanol–water partition coefficient (Wildman–Crippen LogP) is 3.69. The number of aliphatic hydroxyl groups is 1. The van der Waals surface area contributed by atoms with Crippen LogP contribution < -0.4 is 4.90 Å². The van der Waals surface area contributed by atoms with Gasteiger partial charge >= 0.3 is 0 Å². The minimum absolute atomic E-state index is 0.331. The lowest BCUT2D eigenvalue weighted by Gasteiger charge is -2.31. The quantitative estimate of drug-likeness (QED) is 0.755. The molecule has 1 saturated heterocycles. The van der Waals surface area contributed by atoms with E-state index in [1.165, 1.54) is 0 Å². The third-order valence-electron chi connectivity index (χ3n) is 4.34. The van der Waals surface area contributed by atoms with Crippen molar-refractivity contribution < 1.29 is 5.11 Å². The van der Waals surface area contributed by atoms with E-state index in [0.29, 0.717) is 22.1 Å². The number of imidazole rings is 1. The van der Waals surface area contributed by atoms with Gasteiger partial charge in [-0.2, -0.15) is 0 Å². The lowest BCUT2D eigenvalue weighted by Crippen LogP contribution is -2.38. The molecule has 1 aliphatic rings. The van der Waals surface area contributed by atoms with Gasteiger partial charge in [-0.25, -0.2) is 9.97 Å². The molecule has 2 aromatic heterocycles. The molecule has 1 aromatic carbocycles. The molecule has 0 bridgehead atoms. The third-order valence-corrected chi connectivity index (χ3v) is 5.13. The molecular formula is C17H16Cl2N4O. The Morgan fingerprint density at radius 1 is 1.25 bits per heavy atom. The van der Waals surface area contributed by atoms with Crippen LogP contribution in [-0.2, 0) is 0 Å². The van der Waals surface area contributed by atoms with Gasteiger partial charge in [0.2, 0.25) is 0 Å². The van der Waals surface area contributed by atoms with Crippen LogP contribution in [0.5, 0.6) is 0 Å². The molecule has 0 unspecified atom stereocenters. The summed E-state index contributed by atoms with van der Waals surface area (Å²) in [5.74, 6) is 0.786. The van der Waals surface area contributed by atoms with E-state index < -0.39 is 0 Å². The van der Waals surface area contributed by atoms with E-state index in [1.807, 2.05) is 22.9 Å². The molecule has 7 heteroatoms. The SMILES string of the molecule is O[C@@H]1CCCN(c2cc(-n3ccnc3)c3ccc(Cl)c(Cl)c3n2)C1. The van der Waals surface area contributed by atoms with Gasteiger partial charge in [0, 0.05) is 36.9 Å². The van der Waals surface area contributed by atoms with Crippen LogP contribution in [0.1, 0.15) is 12.8 Å². The van der Waals surface area contributed by atoms with Gasteiger partial charge in [-0.1, -0.05) is 23.2 Å². The van der Waals surface area contributed by atoms with E-state index in [0.717, 1.165) is 36.3 Å². The largest absolute Gasteiger partial charge is 0.391 e. The number of nitrogens with zero attached hydrogens (tertiary/aromatic N) is 4. The molecule has 1 N–H and O–H groups in total. The Labute approximate surface area is 149 Å². The number of anilines is 1. The second-order valence-electron chi connectivity index (χ2n) is 5.97. The zero-order chi connectivity index (χ0) is 16.7. The number of halogens is 2. The molecule has 5 nitrogen and oxygen atoms in total. The first-order chi connectivity index (χ1) is 11.6. The maximum absolute atomic E-state index is 9.97. The average Bonchev–Trinajstić information content (AvgIpc) is 3.12. The van der Waals surface area contributed by atoms with Crippen molar-refractivity contribution in [3.8, 4) is 5.69 Å². The van der Waals surface area contributed by atoms with Crippen LogP contribution in [-0.4, -0.2) is 38.8 Å². The molecule has 3 aromatic rings. The summed E-state index contributed by atoms with van der Waals surface area (Å²) < 4.78 is 1.93. The molecule has 0 amide bonds. The Morgan fingerprint density at radius 2 is 2.12 bits per heavy atom. The fraction of sp³-hybridized carbons (Fsp3) is 0.294. The minimum atomic E-state index is -0.331. The summed E-state index contributed by atoms with van der Waals surface area (Å²) in [7, 11) is 0. The van der Waals surface area contributed by atoms with Crippen molar-refractivity contribution in [1.29, 1.82) is 0 Å². The molecule has 0 aliphatic carbocycles. The zero-order valence-corrected chi connectivity index (χ0v) is 14.4. The molecular weight excluding hydrogens is 347 g/mol. The number of hydrogen-bond acceptors (Lipinski definition) is 4. The molecule has 3 heterocycles. The van der Waals surface area contributed by atoms with Crippen LogP contribution in [0.25, 0.3) is 16.6 Å². The van der Waals surface area contributed by atoms with Crippen LogP contribution in [0.3, 0.4) is 0 Å². The number of β-amino-alcohol motifs (C(OH)–C–C–N with tert-alkyl or cyclic N) is 1. The summed E-state index contributed by atoms with van der Waals surface area (Å²) in [6, 6.07) is 5.70. The number of benzene rings is 1. The van der Waals surface area contributed by atoms with Crippen LogP contribution in [0, 0.1) is 0 Å². The Balaban J connectivity index is 1.93. The number of aliphatic hydroxyl groups excluding tert-OH is 1. The Hall–Kier alpha value is -1.82. The van der Waals surface area contributed by atoms with Gasteiger partial charge in [0.1, 0.15) is 5.82 Å². The molecule has 1 aliphatic heterocycles. The number of piperidine rings is 1. The summed E-state index contributed by atoms with van der Waals surface area (Å²) in [5, 5.41) is 11.8. The monoisotopic (exact) mass is 362 g/mol. The summed E-state index contributed by atoms with van der Waals surface area (Å²) in [4.78, 5) is 10.9. The van der Waals surface area contributed by atoms with Crippen molar-refractivity contribution >= 4 is 39.9 Å². The average molecular weight is 363 g/mol. The Bertz CT molecular complexity index is 882. The summed E-state index contributed by atoms with van der Waals surface area (Å²) in [5.41, 5.74) is 1.59. The van der Waals surface area contributed by atoms with E-state index in [2.05, 4.69) is 9.88 Å². The van der Waals surface area contributed by atoms with E-state index in [9.17, 15) is 5.11 Å². The van der Waals surface area contributed by atoms with Crippen molar-refractivity contribution in [3.63, 3.8) is 0 Å². The first-order valence-corrected chi connectivity index (χ1v) is 8.59. The fourth-order valence-electron chi connectivity index (χ4n) is 3.14. The van der Waals surface area contributed by atoms with Crippen LogP contribution in [0.15, 0.2) is 36.9 Å². The molecule has 124 valence electrons. The van der Waals surface area contributed by atoms with Gasteiger partial charge in [-0.3, -0.25) is 0 Å². The highest BCUT2D eigenvalue weighted by Crippen LogP contribution is 2.35. The molecule has 1 atom stereocenters. The van der Waals surface area contributed by atoms with E-state index >= 15 is 0 Å². The topological polar surface area (TPSA) is 54.2 Å². The summed E-state index contributed by atoms with van der Waals surface area (Å²) in [6.45, 7) is 1.43. The predicted molar refractivity (Wildman–Crippen MR) is 96.3 cm³/mol. The summed E-state index contributed by atoms with van der Waals surface area (Å²) in [6.07, 6.45) is 6.78. The Kier molecular flexibility index (Phi) is 4.08. The molecule has 4 rings (SSSR count). The number of fused-ring (bicyclic) bond motifs is 1. The summed E-state index contributed by atoms with van der Waals surface area (Å²) >= 11 is 12.6. The van der Waals surface area contributed by atoms with Crippen molar-refractivity contribution in [2.45, 2.75) is 18.9 Å². The first-order valence-electron chi connectivity index (χ1n) is 7.83. The molecule has 0 spiro atoms. The number of hydrogen-bond donors (Lipinski definition) is 1. The van der Waals surface area contributed by atoms with Gasteiger partial charge in [-0.15, -0.1) is 0 Å². The highest BCUT2D eigenvalue weighted by molar-refractivity contribution is 6.45. The number of aromatic nitrogens is 3. The van der Waals surface area contributed by atoms with Crippen LogP contribution in [0.2, 0.25) is 10.0 Å². The molecule has 1 fully saturated rings. The van der Waals surface area contributed by atoms with Crippen LogP contribution in [0.4, 0.5) is 5.82 Å². The highest BCUT2D eigenvalue weighted by Gasteiger charge is 2.21. The second-order valence-corrected chi connectivity index (χ2v) is 6.75. The molecule has 0 saturated carbocycles. The number of pyridine rings is 1. The van der Waals surface area contributed by atoms with Crippen LogP contribution >= 0.6 is 23.2 Å². The zero-order valence-electron chi connectivity index (χ0n) is 12.9. The highest BCUT2D eigenvalue weighted by atomic mass is 35.5. The number of rotatable bonds is 2. The first kappa shape index (κ1) is 15.7. The smallest absolute Gasteiger partial charge is 0.131 e. The van der Waals surface area contributed by atoms with Crippen molar-refractivity contribution in [1.82, 2.24) is 14.5 Å². The van der Waals surface area contributed by atoms with Crippen molar-refractivity contribution in [3.05, 3.63) is 47.0 Å². The minimum Gasteiger partial charge on any atom is -0.391 e. The van der Waals surface area contributed by atoms with Crippen molar-refractivity contribution in [2.24, 2.45) is 0 Å². The Morgan fingerprint density at radius 3 is 2.88 bits per heavy atom. The second kappa shape index (κ2) is 6.24. The fourth-order valence-corrected chi connectivity index (χ4v) is 3.50. The lowest BCUT2D eigenvalue weighted by atomic mass is 10.1. The normalized spacial score (nSPS) is 18.3. The molecule has 0 radical (unpaired) electrons. The van der Waals surface area contributed by atoms with Gasteiger partial charge in [-0.05, 0) is 25.0 Å². The maximum Gasteiger partial charge on any atom is 0.131 e. The van der Waals surface area contributed by atoms with E-state index in [1.54, 1.807) is 18.6 Å². The van der Waals surface area contributed by atoms with Gasteiger partial charge in [0.05, 0.1) is 33.7 Å². The third kappa shape index (κ3) is 2.73. The van der Waals surface area contributed by atoms with E-state index in [-0.39, 0.29) is 6.10 Å². The van der Waals surface area contributed by atoms with Gasteiger partial charge < -0.3 is 14.6 Å². The van der Waals surface area contributed by atoms with Gasteiger partial charge in [0.15, 0.2) is 0 Å². The molecule has 24 heavy (non-hydrogen) atoms. The lowest BCUT2D eigenvalue weighted by molar-refractivity contribution is 0.154. The van der Waals surface area contributed by atoms with Crippen molar-refractivity contribution in [2.75, 3.05) is 18.0 Å². The van der Waals surface area contributed by atoms with Gasteiger partial charge in [0.25, 0.3) is 0 Å². The standard InChI is InChI=1S/C17H16Cl2N4O/c18-13-4-3-12-14(23-7-5-20-10-23)8-15(21-17(12)16(13)19)22-6-1-2-11(24)9-22/h3-5,7-8,10-11,24H,1-2,6,9H2/t11-/m1/s1. The van der Waals surface area contributed by atoms with E-state index in [4.69, 9.17) is 28.2 Å². The maximum atomic E-state index is 9.97.